The molecular weight excluding hydrogens is 522 g/mol. The number of carbonyl (C=O) groups excluding carboxylic acids is 1. The van der Waals surface area contributed by atoms with Crippen LogP contribution >= 0.6 is 0 Å². The molecule has 212 valence electrons. The number of nitrogens with zero attached hydrogens (tertiary/aromatic N) is 5. The average Bonchev–Trinajstić information content (AvgIpc) is 3.46. The largest absolute Gasteiger partial charge is 0.479 e. The zero-order chi connectivity index (χ0) is 27.9. The van der Waals surface area contributed by atoms with Crippen LogP contribution in [-0.4, -0.2) is 77.0 Å². The summed E-state index contributed by atoms with van der Waals surface area (Å²) in [7, 11) is 0. The van der Waals surface area contributed by atoms with Gasteiger partial charge in [0.05, 0.1) is 25.1 Å². The number of urea groups is 1. The van der Waals surface area contributed by atoms with Crippen LogP contribution in [0.4, 0.5) is 25.3 Å². The molecule has 6 rings (SSSR count). The van der Waals surface area contributed by atoms with Crippen LogP contribution in [0, 0.1) is 0 Å². The van der Waals surface area contributed by atoms with Gasteiger partial charge in [0.15, 0.2) is 11.4 Å². The van der Waals surface area contributed by atoms with Gasteiger partial charge in [-0.15, -0.1) is 0 Å². The summed E-state index contributed by atoms with van der Waals surface area (Å²) in [6.07, 6.45) is 1.36. The van der Waals surface area contributed by atoms with Crippen LogP contribution in [0.15, 0.2) is 41.1 Å². The molecule has 2 fully saturated rings. The first kappa shape index (κ1) is 26.4. The van der Waals surface area contributed by atoms with E-state index >= 15 is 8.78 Å². The van der Waals surface area contributed by atoms with E-state index in [-0.39, 0.29) is 24.8 Å². The Kier molecular flexibility index (Phi) is 6.81. The SMILES string of the molecule is CC(C)c1noc(N2CCC3(CC2)Oc2cnc(-c4ccc(NC(=O)N5CCOCC5)cc4)cc2CC3(F)F)n1. The molecule has 5 heterocycles. The van der Waals surface area contributed by atoms with Crippen molar-refractivity contribution in [1.82, 2.24) is 20.0 Å². The number of benzene rings is 1. The number of fused-ring (bicyclic) bond motifs is 1. The molecule has 2 saturated heterocycles. The van der Waals surface area contributed by atoms with E-state index in [2.05, 4.69) is 20.4 Å². The highest BCUT2D eigenvalue weighted by Gasteiger charge is 2.59. The summed E-state index contributed by atoms with van der Waals surface area (Å²) in [5.74, 6) is -1.96. The average molecular weight is 555 g/mol. The number of aromatic nitrogens is 3. The molecular formula is C28H32F2N6O4. The number of hydrogen-bond acceptors (Lipinski definition) is 8. The monoisotopic (exact) mass is 554 g/mol. The van der Waals surface area contributed by atoms with Gasteiger partial charge in [-0.3, -0.25) is 4.98 Å². The molecule has 0 atom stereocenters. The van der Waals surface area contributed by atoms with E-state index in [4.69, 9.17) is 14.0 Å². The third-order valence-electron chi connectivity index (χ3n) is 7.85. The van der Waals surface area contributed by atoms with Crippen LogP contribution in [0.2, 0.25) is 0 Å². The first-order valence-corrected chi connectivity index (χ1v) is 13.6. The van der Waals surface area contributed by atoms with Crippen molar-refractivity contribution in [3.05, 3.63) is 47.9 Å². The van der Waals surface area contributed by atoms with Crippen molar-refractivity contribution in [2.75, 3.05) is 49.6 Å². The Morgan fingerprint density at radius 3 is 2.48 bits per heavy atom. The summed E-state index contributed by atoms with van der Waals surface area (Å²) >= 11 is 0. The Morgan fingerprint density at radius 2 is 1.80 bits per heavy atom. The number of carbonyl (C=O) groups is 1. The lowest BCUT2D eigenvalue weighted by atomic mass is 9.80. The summed E-state index contributed by atoms with van der Waals surface area (Å²) in [6.45, 7) is 6.73. The second-order valence-corrected chi connectivity index (χ2v) is 10.8. The van der Waals surface area contributed by atoms with Crippen molar-refractivity contribution in [3.8, 4) is 17.0 Å². The maximum Gasteiger partial charge on any atom is 0.324 e. The summed E-state index contributed by atoms with van der Waals surface area (Å²) in [6, 6.07) is 9.01. The molecule has 0 bridgehead atoms. The van der Waals surface area contributed by atoms with Gasteiger partial charge in [0.2, 0.25) is 0 Å². The molecule has 0 aliphatic carbocycles. The van der Waals surface area contributed by atoms with E-state index in [1.807, 2.05) is 30.9 Å². The number of pyridine rings is 1. The highest BCUT2D eigenvalue weighted by atomic mass is 19.3. The van der Waals surface area contributed by atoms with Gasteiger partial charge in [0.25, 0.3) is 5.92 Å². The Labute approximate surface area is 230 Å². The molecule has 0 radical (unpaired) electrons. The van der Waals surface area contributed by atoms with Crippen molar-refractivity contribution >= 4 is 17.7 Å². The molecule has 3 aliphatic rings. The third-order valence-corrected chi connectivity index (χ3v) is 7.85. The third kappa shape index (κ3) is 4.96. The molecule has 0 saturated carbocycles. The van der Waals surface area contributed by atoms with E-state index < -0.39 is 17.9 Å². The van der Waals surface area contributed by atoms with Gasteiger partial charge in [0.1, 0.15) is 5.75 Å². The van der Waals surface area contributed by atoms with Crippen molar-refractivity contribution in [2.24, 2.45) is 0 Å². The van der Waals surface area contributed by atoms with Crippen molar-refractivity contribution in [1.29, 1.82) is 0 Å². The summed E-state index contributed by atoms with van der Waals surface area (Å²) < 4.78 is 48.0. The number of piperidine rings is 1. The van der Waals surface area contributed by atoms with Gasteiger partial charge in [-0.1, -0.05) is 31.1 Å². The number of nitrogens with one attached hydrogen (secondary N) is 1. The molecule has 1 aromatic carbocycles. The van der Waals surface area contributed by atoms with Crippen LogP contribution in [-0.2, 0) is 11.2 Å². The molecule has 10 nitrogen and oxygen atoms in total. The van der Waals surface area contributed by atoms with Gasteiger partial charge in [-0.2, -0.15) is 4.98 Å². The maximum absolute atomic E-state index is 15.7. The van der Waals surface area contributed by atoms with Crippen LogP contribution in [0.1, 0.15) is 44.0 Å². The van der Waals surface area contributed by atoms with Gasteiger partial charge in [-0.05, 0) is 18.2 Å². The fourth-order valence-electron chi connectivity index (χ4n) is 5.37. The van der Waals surface area contributed by atoms with E-state index in [1.54, 1.807) is 23.1 Å². The van der Waals surface area contributed by atoms with Crippen LogP contribution in [0.5, 0.6) is 5.75 Å². The predicted molar refractivity (Wildman–Crippen MR) is 143 cm³/mol. The number of rotatable bonds is 4. The molecule has 12 heteroatoms. The van der Waals surface area contributed by atoms with E-state index in [0.717, 1.165) is 5.56 Å². The number of amides is 2. The Bertz CT molecular complexity index is 1370. The molecule has 1 N–H and O–H groups in total. The molecule has 40 heavy (non-hydrogen) atoms. The van der Waals surface area contributed by atoms with Gasteiger partial charge >= 0.3 is 12.0 Å². The van der Waals surface area contributed by atoms with Gasteiger partial charge in [-0.25, -0.2) is 13.6 Å². The second kappa shape index (κ2) is 10.3. The molecule has 2 aromatic heterocycles. The fourth-order valence-corrected chi connectivity index (χ4v) is 5.37. The topological polar surface area (TPSA) is 106 Å². The maximum atomic E-state index is 15.7. The lowest BCUT2D eigenvalue weighted by Gasteiger charge is -2.48. The van der Waals surface area contributed by atoms with Crippen molar-refractivity contribution in [2.45, 2.75) is 50.6 Å². The second-order valence-electron chi connectivity index (χ2n) is 10.8. The molecule has 0 unspecified atom stereocenters. The quantitative estimate of drug-likeness (QED) is 0.494. The van der Waals surface area contributed by atoms with Crippen LogP contribution in [0.3, 0.4) is 0 Å². The number of alkyl halides is 2. The highest BCUT2D eigenvalue weighted by molar-refractivity contribution is 5.89. The number of morpholine rings is 1. The first-order valence-electron chi connectivity index (χ1n) is 13.6. The van der Waals surface area contributed by atoms with Crippen molar-refractivity contribution in [3.63, 3.8) is 0 Å². The summed E-state index contributed by atoms with van der Waals surface area (Å²) in [4.78, 5) is 24.9. The first-order chi connectivity index (χ1) is 19.2. The van der Waals surface area contributed by atoms with Crippen molar-refractivity contribution < 1.29 is 27.6 Å². The van der Waals surface area contributed by atoms with E-state index in [9.17, 15) is 4.79 Å². The zero-order valence-corrected chi connectivity index (χ0v) is 22.5. The number of anilines is 2. The molecule has 2 amide bonds. The number of ether oxygens (including phenoxy) is 2. The normalized spacial score (nSPS) is 19.8. The van der Waals surface area contributed by atoms with Gasteiger partial charge in [0, 0.05) is 68.2 Å². The zero-order valence-electron chi connectivity index (χ0n) is 22.5. The minimum Gasteiger partial charge on any atom is -0.479 e. The number of hydrogen-bond donors (Lipinski definition) is 1. The number of halogens is 2. The van der Waals surface area contributed by atoms with Crippen LogP contribution in [0.25, 0.3) is 11.3 Å². The van der Waals surface area contributed by atoms with E-state index in [0.29, 0.717) is 73.9 Å². The van der Waals surface area contributed by atoms with E-state index in [1.165, 1.54) is 6.20 Å². The summed E-state index contributed by atoms with van der Waals surface area (Å²) in [5.41, 5.74) is 0.770. The molecule has 3 aromatic rings. The Hall–Kier alpha value is -3.80. The lowest BCUT2D eigenvalue weighted by Crippen LogP contribution is -2.61. The van der Waals surface area contributed by atoms with Gasteiger partial charge < -0.3 is 29.1 Å². The standard InChI is InChI=1S/C28H32F2N6O4/c1-18(2)24-33-26(40-34-24)36-9-7-27(8-10-36)28(29,30)16-20-15-22(31-17-23(20)39-27)19-3-5-21(6-4-19)32-25(37)35-11-13-38-14-12-35/h3-6,15,17-18H,7-14,16H2,1-2H3,(H,32,37). The Morgan fingerprint density at radius 1 is 1.07 bits per heavy atom. The predicted octanol–water partition coefficient (Wildman–Crippen LogP) is 4.73. The smallest absolute Gasteiger partial charge is 0.324 e. The minimum absolute atomic E-state index is 0.118. The lowest BCUT2D eigenvalue weighted by molar-refractivity contribution is -0.185. The minimum atomic E-state index is -3.06. The highest BCUT2D eigenvalue weighted by Crippen LogP contribution is 2.49. The molecule has 1 spiro atoms. The van der Waals surface area contributed by atoms with Crippen LogP contribution < -0.4 is 15.0 Å². The summed E-state index contributed by atoms with van der Waals surface area (Å²) in [5, 5.41) is 6.86. The Balaban J connectivity index is 1.13. The molecule has 3 aliphatic heterocycles. The fraction of sp³-hybridized carbons (Fsp3) is 0.500.